The van der Waals surface area contributed by atoms with E-state index in [1.165, 1.54) is 44.9 Å². The van der Waals surface area contributed by atoms with Crippen molar-refractivity contribution in [3.8, 4) is 0 Å². The predicted molar refractivity (Wildman–Crippen MR) is 111 cm³/mol. The average Bonchev–Trinajstić information content (AvgIpc) is 2.55. The van der Waals surface area contributed by atoms with E-state index in [9.17, 15) is 19.8 Å². The molecule has 0 aliphatic carbocycles. The summed E-state index contributed by atoms with van der Waals surface area (Å²) in [6.45, 7) is 4.55. The summed E-state index contributed by atoms with van der Waals surface area (Å²) < 4.78 is 0.419. The molecule has 168 valence electrons. The molecule has 0 rings (SSSR count). The first-order chi connectivity index (χ1) is 13.0. The Kier molecular flexibility index (Phi) is 17.4. The first-order valence-corrected chi connectivity index (χ1v) is 10.7. The van der Waals surface area contributed by atoms with Crippen LogP contribution in [0.4, 0.5) is 0 Å². The molecule has 0 radical (unpaired) electrons. The number of carbonyl (C=O) groups is 2. The molecule has 0 aliphatic rings. The number of carboxylic acids is 2. The summed E-state index contributed by atoms with van der Waals surface area (Å²) in [5.74, 6) is -2.17. The van der Waals surface area contributed by atoms with E-state index in [4.69, 9.17) is 5.11 Å². The summed E-state index contributed by atoms with van der Waals surface area (Å²) in [5, 5.41) is 31.4. The SMILES string of the molecule is CCCCCCCCCCCCC(O)(NCC)C(=O)O.C[N+](C)(C)CC(=O)[O-]. The zero-order valence-electron chi connectivity index (χ0n) is 18.8. The van der Waals surface area contributed by atoms with Crippen LogP contribution in [0.5, 0.6) is 0 Å². The molecule has 0 aliphatic heterocycles. The van der Waals surface area contributed by atoms with E-state index in [0.717, 1.165) is 19.3 Å². The number of quaternary nitrogens is 1. The maximum absolute atomic E-state index is 11.0. The second-order valence-electron chi connectivity index (χ2n) is 8.45. The zero-order chi connectivity index (χ0) is 22.1. The quantitative estimate of drug-likeness (QED) is 0.206. The third kappa shape index (κ3) is 19.6. The van der Waals surface area contributed by atoms with Gasteiger partial charge in [0.2, 0.25) is 5.72 Å². The maximum atomic E-state index is 11.0. The Morgan fingerprint density at radius 1 is 0.893 bits per heavy atom. The lowest BCUT2D eigenvalue weighted by Gasteiger charge is -2.23. The van der Waals surface area contributed by atoms with Crippen LogP contribution in [0.2, 0.25) is 0 Å². The molecule has 0 saturated heterocycles. The first kappa shape index (κ1) is 29.0. The molecule has 0 amide bonds. The van der Waals surface area contributed by atoms with Crippen molar-refractivity contribution in [2.24, 2.45) is 0 Å². The smallest absolute Gasteiger partial charge is 0.351 e. The molecule has 0 aromatic heterocycles. The topological polar surface area (TPSA) is 110 Å². The number of carboxylic acid groups (broad SMARTS) is 2. The summed E-state index contributed by atoms with van der Waals surface area (Å²) >= 11 is 0. The fourth-order valence-corrected chi connectivity index (χ4v) is 2.82. The number of aliphatic hydroxyl groups is 1. The van der Waals surface area contributed by atoms with E-state index in [-0.39, 0.29) is 13.0 Å². The van der Waals surface area contributed by atoms with Crippen molar-refractivity contribution in [2.45, 2.75) is 90.2 Å². The van der Waals surface area contributed by atoms with Crippen molar-refractivity contribution < 1.29 is 29.4 Å². The van der Waals surface area contributed by atoms with E-state index in [0.29, 0.717) is 11.0 Å². The highest BCUT2D eigenvalue weighted by atomic mass is 16.4. The summed E-state index contributed by atoms with van der Waals surface area (Å²) in [4.78, 5) is 20.9. The Balaban J connectivity index is 0. The number of hydrogen-bond donors (Lipinski definition) is 3. The highest BCUT2D eigenvalue weighted by Crippen LogP contribution is 2.15. The minimum absolute atomic E-state index is 0.0694. The molecular weight excluding hydrogens is 360 g/mol. The maximum Gasteiger partial charge on any atom is 0.351 e. The van der Waals surface area contributed by atoms with Crippen LogP contribution in [-0.4, -0.2) is 66.6 Å². The van der Waals surface area contributed by atoms with Crippen LogP contribution < -0.4 is 10.4 Å². The van der Waals surface area contributed by atoms with Gasteiger partial charge in [0.25, 0.3) is 0 Å². The zero-order valence-corrected chi connectivity index (χ0v) is 18.8. The van der Waals surface area contributed by atoms with Gasteiger partial charge in [0.15, 0.2) is 0 Å². The Bertz CT molecular complexity index is 410. The third-order valence-corrected chi connectivity index (χ3v) is 4.32. The molecule has 1 unspecified atom stereocenters. The van der Waals surface area contributed by atoms with E-state index in [1.54, 1.807) is 28.1 Å². The third-order valence-electron chi connectivity index (χ3n) is 4.32. The molecule has 28 heavy (non-hydrogen) atoms. The van der Waals surface area contributed by atoms with Gasteiger partial charge in [0, 0.05) is 6.42 Å². The summed E-state index contributed by atoms with van der Waals surface area (Å²) in [7, 11) is 5.40. The lowest BCUT2D eigenvalue weighted by molar-refractivity contribution is -0.864. The van der Waals surface area contributed by atoms with Gasteiger partial charge in [-0.1, -0.05) is 71.6 Å². The van der Waals surface area contributed by atoms with Gasteiger partial charge in [-0.25, -0.2) is 4.79 Å². The van der Waals surface area contributed by atoms with Crippen molar-refractivity contribution in [3.63, 3.8) is 0 Å². The van der Waals surface area contributed by atoms with Gasteiger partial charge >= 0.3 is 5.97 Å². The molecule has 0 saturated carbocycles. The number of unbranched alkanes of at least 4 members (excludes halogenated alkanes) is 9. The van der Waals surface area contributed by atoms with Gasteiger partial charge < -0.3 is 24.6 Å². The van der Waals surface area contributed by atoms with E-state index in [2.05, 4.69) is 12.2 Å². The largest absolute Gasteiger partial charge is 0.544 e. The van der Waals surface area contributed by atoms with Gasteiger partial charge in [-0.2, -0.15) is 0 Å². The summed E-state index contributed by atoms with van der Waals surface area (Å²) in [5.41, 5.74) is -1.74. The lowest BCUT2D eigenvalue weighted by atomic mass is 10.0. The van der Waals surface area contributed by atoms with E-state index < -0.39 is 17.7 Å². The normalized spacial score (nSPS) is 13.4. The highest BCUT2D eigenvalue weighted by Gasteiger charge is 2.33. The molecule has 0 heterocycles. The summed E-state index contributed by atoms with van der Waals surface area (Å²) in [6, 6.07) is 0. The van der Waals surface area contributed by atoms with Crippen molar-refractivity contribution in [1.82, 2.24) is 5.32 Å². The first-order valence-electron chi connectivity index (χ1n) is 10.7. The number of likely N-dealkylation sites (N-methyl/N-ethyl adjacent to an activating group) is 2. The Hall–Kier alpha value is -1.18. The second kappa shape index (κ2) is 16.7. The monoisotopic (exact) mass is 404 g/mol. The van der Waals surface area contributed by atoms with E-state index >= 15 is 0 Å². The molecule has 0 aromatic rings. The van der Waals surface area contributed by atoms with Crippen molar-refractivity contribution in [3.05, 3.63) is 0 Å². The van der Waals surface area contributed by atoms with Crippen LogP contribution in [0.25, 0.3) is 0 Å². The van der Waals surface area contributed by atoms with Crippen LogP contribution >= 0.6 is 0 Å². The van der Waals surface area contributed by atoms with Gasteiger partial charge in [-0.15, -0.1) is 0 Å². The Morgan fingerprint density at radius 3 is 1.61 bits per heavy atom. The lowest BCUT2D eigenvalue weighted by Crippen LogP contribution is -2.51. The molecule has 3 N–H and O–H groups in total. The predicted octanol–water partition coefficient (Wildman–Crippen LogP) is 2.12. The molecule has 7 heteroatoms. The van der Waals surface area contributed by atoms with Crippen LogP contribution in [0.15, 0.2) is 0 Å². The fourth-order valence-electron chi connectivity index (χ4n) is 2.82. The number of hydrogen-bond acceptors (Lipinski definition) is 5. The summed E-state index contributed by atoms with van der Waals surface area (Å²) in [6.07, 6.45) is 12.3. The number of nitrogens with zero attached hydrogens (tertiary/aromatic N) is 1. The van der Waals surface area contributed by atoms with Crippen LogP contribution in [0.3, 0.4) is 0 Å². The van der Waals surface area contributed by atoms with Crippen molar-refractivity contribution in [1.29, 1.82) is 0 Å². The van der Waals surface area contributed by atoms with Crippen LogP contribution in [-0.2, 0) is 9.59 Å². The Morgan fingerprint density at radius 2 is 1.32 bits per heavy atom. The van der Waals surface area contributed by atoms with Gasteiger partial charge in [0.1, 0.15) is 6.54 Å². The number of nitrogens with one attached hydrogen (secondary N) is 1. The van der Waals surface area contributed by atoms with Gasteiger partial charge in [-0.05, 0) is 13.0 Å². The van der Waals surface area contributed by atoms with Gasteiger partial charge in [0.05, 0.1) is 27.1 Å². The number of aliphatic carboxylic acids is 2. The molecule has 0 fully saturated rings. The van der Waals surface area contributed by atoms with Crippen molar-refractivity contribution in [2.75, 3.05) is 34.2 Å². The highest BCUT2D eigenvalue weighted by molar-refractivity contribution is 5.76. The minimum atomic E-state index is -1.74. The van der Waals surface area contributed by atoms with E-state index in [1.807, 2.05) is 0 Å². The van der Waals surface area contributed by atoms with Crippen LogP contribution in [0.1, 0.15) is 84.5 Å². The minimum Gasteiger partial charge on any atom is -0.544 e. The molecule has 1 atom stereocenters. The standard InChI is InChI=1S/C16H33NO3.C5H11NO2/c1-3-5-6-7-8-9-10-11-12-13-14-16(20,15(18)19)17-4-2;1-6(2,3)4-5(7)8/h17,20H,3-14H2,1-2H3,(H,18,19);4H2,1-3H3. The fraction of sp³-hybridized carbons (Fsp3) is 0.905. The number of carbonyl (C=O) groups excluding carboxylic acids is 1. The molecule has 7 nitrogen and oxygen atoms in total. The second-order valence-corrected chi connectivity index (χ2v) is 8.45. The van der Waals surface area contributed by atoms with Gasteiger partial charge in [-0.3, -0.25) is 5.32 Å². The van der Waals surface area contributed by atoms with Crippen molar-refractivity contribution >= 4 is 11.9 Å². The number of rotatable bonds is 16. The molecular formula is C21H44N2O5. The average molecular weight is 405 g/mol. The Labute approximate surface area is 171 Å². The molecule has 0 aromatic carbocycles. The molecule has 0 bridgehead atoms. The van der Waals surface area contributed by atoms with Crippen LogP contribution in [0, 0.1) is 0 Å². The molecule has 0 spiro atoms.